The summed E-state index contributed by atoms with van der Waals surface area (Å²) in [5, 5.41) is 12.2. The highest BCUT2D eigenvalue weighted by Gasteiger charge is 2.13. The summed E-state index contributed by atoms with van der Waals surface area (Å²) >= 11 is 1.25. The zero-order valence-electron chi connectivity index (χ0n) is 13.2. The van der Waals surface area contributed by atoms with Crippen LogP contribution in [0, 0.1) is 19.7 Å². The smallest absolute Gasteiger partial charge is 0.214 e. The molecule has 1 aromatic heterocycles. The minimum absolute atomic E-state index is 0.102. The molecule has 0 fully saturated rings. The van der Waals surface area contributed by atoms with Gasteiger partial charge in [-0.3, -0.25) is 4.79 Å². The van der Waals surface area contributed by atoms with Gasteiger partial charge in [-0.15, -0.1) is 5.10 Å². The molecule has 0 N–H and O–H groups in total. The standard InChI is InChI=1S/C17H15FN4OS/c1-11-3-8-15(9-12(11)2)22-17(19-20-21-22)24-10-16(23)13-4-6-14(18)7-5-13/h3-9H,10H2,1-2H3. The van der Waals surface area contributed by atoms with Crippen molar-refractivity contribution in [2.75, 3.05) is 5.75 Å². The van der Waals surface area contributed by atoms with Crippen LogP contribution in [0.5, 0.6) is 0 Å². The minimum Gasteiger partial charge on any atom is -0.293 e. The van der Waals surface area contributed by atoms with Crippen molar-refractivity contribution in [1.29, 1.82) is 0 Å². The molecule has 3 rings (SSSR count). The zero-order valence-corrected chi connectivity index (χ0v) is 14.0. The van der Waals surface area contributed by atoms with Crippen molar-refractivity contribution >= 4 is 17.5 Å². The highest BCUT2D eigenvalue weighted by atomic mass is 32.2. The van der Waals surface area contributed by atoms with Crippen molar-refractivity contribution in [2.24, 2.45) is 0 Å². The van der Waals surface area contributed by atoms with Crippen LogP contribution >= 0.6 is 11.8 Å². The number of Topliss-reactive ketones (excluding diaryl/α,β-unsaturated/α-hetero) is 1. The molecule has 0 aliphatic heterocycles. The maximum Gasteiger partial charge on any atom is 0.214 e. The topological polar surface area (TPSA) is 60.7 Å². The van der Waals surface area contributed by atoms with Crippen LogP contribution in [0.15, 0.2) is 47.6 Å². The van der Waals surface area contributed by atoms with E-state index in [2.05, 4.69) is 15.5 Å². The van der Waals surface area contributed by atoms with E-state index in [4.69, 9.17) is 0 Å². The van der Waals surface area contributed by atoms with E-state index in [-0.39, 0.29) is 17.4 Å². The second-order valence-corrected chi connectivity index (χ2v) is 6.30. The van der Waals surface area contributed by atoms with E-state index in [1.165, 1.54) is 41.6 Å². The maximum atomic E-state index is 12.9. The average Bonchev–Trinajstić information content (AvgIpc) is 3.04. The van der Waals surface area contributed by atoms with Crippen molar-refractivity contribution in [3.63, 3.8) is 0 Å². The number of nitrogens with zero attached hydrogens (tertiary/aromatic N) is 4. The Kier molecular flexibility index (Phi) is 4.71. The third-order valence-electron chi connectivity index (χ3n) is 3.67. The molecule has 3 aromatic rings. The Hall–Kier alpha value is -2.54. The number of halogens is 1. The summed E-state index contributed by atoms with van der Waals surface area (Å²) in [6.45, 7) is 4.06. The Balaban J connectivity index is 1.75. The van der Waals surface area contributed by atoms with Crippen LogP contribution in [-0.2, 0) is 0 Å². The van der Waals surface area contributed by atoms with Crippen molar-refractivity contribution in [1.82, 2.24) is 20.2 Å². The normalized spacial score (nSPS) is 10.8. The van der Waals surface area contributed by atoms with Gasteiger partial charge in [0.1, 0.15) is 5.82 Å². The Bertz CT molecular complexity index is 877. The van der Waals surface area contributed by atoms with E-state index < -0.39 is 0 Å². The van der Waals surface area contributed by atoms with Crippen molar-refractivity contribution in [2.45, 2.75) is 19.0 Å². The van der Waals surface area contributed by atoms with Crippen molar-refractivity contribution in [3.8, 4) is 5.69 Å². The minimum atomic E-state index is -0.363. The van der Waals surface area contributed by atoms with Crippen LogP contribution in [-0.4, -0.2) is 31.7 Å². The van der Waals surface area contributed by atoms with Gasteiger partial charge in [0.25, 0.3) is 0 Å². The highest BCUT2D eigenvalue weighted by molar-refractivity contribution is 7.99. The molecular weight excluding hydrogens is 327 g/mol. The summed E-state index contributed by atoms with van der Waals surface area (Å²) in [5.74, 6) is -0.288. The summed E-state index contributed by atoms with van der Waals surface area (Å²) in [6.07, 6.45) is 0. The second kappa shape index (κ2) is 6.92. The predicted molar refractivity (Wildman–Crippen MR) is 90.1 cm³/mol. The number of carbonyl (C=O) groups is 1. The molecule has 0 spiro atoms. The Labute approximate surface area is 142 Å². The van der Waals surface area contributed by atoms with Gasteiger partial charge in [0.2, 0.25) is 5.16 Å². The van der Waals surface area contributed by atoms with Gasteiger partial charge in [-0.2, -0.15) is 4.68 Å². The second-order valence-electron chi connectivity index (χ2n) is 5.36. The quantitative estimate of drug-likeness (QED) is 0.525. The number of hydrogen-bond acceptors (Lipinski definition) is 5. The lowest BCUT2D eigenvalue weighted by molar-refractivity contribution is 0.102. The summed E-state index contributed by atoms with van der Waals surface area (Å²) in [6, 6.07) is 11.4. The number of aromatic nitrogens is 4. The van der Waals surface area contributed by atoms with E-state index in [0.29, 0.717) is 10.7 Å². The van der Waals surface area contributed by atoms with Gasteiger partial charge < -0.3 is 0 Å². The SMILES string of the molecule is Cc1ccc(-n2nnnc2SCC(=O)c2ccc(F)cc2)cc1C. The first-order chi connectivity index (χ1) is 11.5. The fourth-order valence-corrected chi connectivity index (χ4v) is 2.92. The molecule has 0 aliphatic rings. The first kappa shape index (κ1) is 16.3. The van der Waals surface area contributed by atoms with Gasteiger partial charge in [-0.25, -0.2) is 4.39 Å². The lowest BCUT2D eigenvalue weighted by Gasteiger charge is -2.06. The van der Waals surface area contributed by atoms with Crippen molar-refractivity contribution in [3.05, 3.63) is 65.0 Å². The molecule has 5 nitrogen and oxygen atoms in total. The van der Waals surface area contributed by atoms with E-state index >= 15 is 0 Å². The maximum absolute atomic E-state index is 12.9. The first-order valence-corrected chi connectivity index (χ1v) is 8.31. The summed E-state index contributed by atoms with van der Waals surface area (Å²) in [5.41, 5.74) is 3.64. The molecule has 122 valence electrons. The lowest BCUT2D eigenvalue weighted by Crippen LogP contribution is -2.05. The fraction of sp³-hybridized carbons (Fsp3) is 0.176. The summed E-state index contributed by atoms with van der Waals surface area (Å²) < 4.78 is 14.5. The number of rotatable bonds is 5. The molecular formula is C17H15FN4OS. The van der Waals surface area contributed by atoms with Crippen LogP contribution in [0.4, 0.5) is 4.39 Å². The predicted octanol–water partition coefficient (Wildman–Crippen LogP) is 3.39. The van der Waals surface area contributed by atoms with E-state index in [0.717, 1.165) is 11.3 Å². The molecule has 2 aromatic carbocycles. The molecule has 0 saturated carbocycles. The van der Waals surface area contributed by atoms with E-state index in [1.807, 2.05) is 32.0 Å². The summed E-state index contributed by atoms with van der Waals surface area (Å²) in [4.78, 5) is 12.2. The Morgan fingerprint density at radius 1 is 1.12 bits per heavy atom. The van der Waals surface area contributed by atoms with Gasteiger partial charge in [-0.1, -0.05) is 17.8 Å². The number of thioether (sulfide) groups is 1. The van der Waals surface area contributed by atoms with E-state index in [1.54, 1.807) is 4.68 Å². The number of tetrazole rings is 1. The van der Waals surface area contributed by atoms with Gasteiger partial charge in [-0.05, 0) is 71.8 Å². The molecule has 0 radical (unpaired) electrons. The van der Waals surface area contributed by atoms with Crippen LogP contribution < -0.4 is 0 Å². The molecule has 0 unspecified atom stereocenters. The number of ketones is 1. The van der Waals surface area contributed by atoms with Gasteiger partial charge in [0, 0.05) is 5.56 Å². The van der Waals surface area contributed by atoms with Gasteiger partial charge >= 0.3 is 0 Å². The van der Waals surface area contributed by atoms with Crippen LogP contribution in [0.3, 0.4) is 0 Å². The third-order valence-corrected chi connectivity index (χ3v) is 4.59. The number of aryl methyl sites for hydroxylation is 2. The summed E-state index contributed by atoms with van der Waals surface area (Å²) in [7, 11) is 0. The zero-order chi connectivity index (χ0) is 17.1. The average molecular weight is 342 g/mol. The number of hydrogen-bond donors (Lipinski definition) is 0. The first-order valence-electron chi connectivity index (χ1n) is 7.32. The Morgan fingerprint density at radius 3 is 2.58 bits per heavy atom. The number of carbonyl (C=O) groups excluding carboxylic acids is 1. The van der Waals surface area contributed by atoms with Crippen molar-refractivity contribution < 1.29 is 9.18 Å². The molecule has 0 aliphatic carbocycles. The molecule has 0 saturated heterocycles. The lowest BCUT2D eigenvalue weighted by atomic mass is 10.1. The third kappa shape index (κ3) is 3.51. The molecule has 1 heterocycles. The van der Waals surface area contributed by atoms with Gasteiger partial charge in [0.15, 0.2) is 5.78 Å². The molecule has 0 bridgehead atoms. The molecule has 24 heavy (non-hydrogen) atoms. The largest absolute Gasteiger partial charge is 0.293 e. The van der Waals surface area contributed by atoms with Crippen LogP contribution in [0.2, 0.25) is 0 Å². The van der Waals surface area contributed by atoms with Crippen LogP contribution in [0.1, 0.15) is 21.5 Å². The molecule has 0 atom stereocenters. The van der Waals surface area contributed by atoms with E-state index in [9.17, 15) is 9.18 Å². The highest BCUT2D eigenvalue weighted by Crippen LogP contribution is 2.21. The Morgan fingerprint density at radius 2 is 1.88 bits per heavy atom. The molecule has 0 amide bonds. The number of benzene rings is 2. The monoisotopic (exact) mass is 342 g/mol. The molecule has 7 heteroatoms. The van der Waals surface area contributed by atoms with Crippen LogP contribution in [0.25, 0.3) is 5.69 Å². The van der Waals surface area contributed by atoms with Gasteiger partial charge in [0.05, 0.1) is 11.4 Å². The fourth-order valence-electron chi connectivity index (χ4n) is 2.14.